The highest BCUT2D eigenvalue weighted by Crippen LogP contribution is 2.18. The number of nitrogens with zero attached hydrogens (tertiary/aromatic N) is 1. The van der Waals surface area contributed by atoms with E-state index in [-0.39, 0.29) is 23.8 Å². The first-order valence-electron chi connectivity index (χ1n) is 7.57. The second-order valence-electron chi connectivity index (χ2n) is 6.81. The van der Waals surface area contributed by atoms with E-state index in [0.29, 0.717) is 19.0 Å². The smallest absolute Gasteiger partial charge is 0.241 e. The Morgan fingerprint density at radius 1 is 1.43 bits per heavy atom. The van der Waals surface area contributed by atoms with E-state index in [1.165, 1.54) is 7.11 Å². The van der Waals surface area contributed by atoms with Crippen LogP contribution in [0.5, 0.6) is 0 Å². The zero-order valence-electron chi connectivity index (χ0n) is 13.6. The molecule has 21 heavy (non-hydrogen) atoms. The van der Waals surface area contributed by atoms with Gasteiger partial charge < -0.3 is 20.7 Å². The molecule has 3 N–H and O–H groups in total. The molecule has 1 rings (SSSR count). The number of hydrogen-bond donors (Lipinski definition) is 2. The Morgan fingerprint density at radius 2 is 2.10 bits per heavy atom. The summed E-state index contributed by atoms with van der Waals surface area (Å²) in [6, 6.07) is -0.599. The first-order chi connectivity index (χ1) is 9.75. The summed E-state index contributed by atoms with van der Waals surface area (Å²) >= 11 is 0. The van der Waals surface area contributed by atoms with Crippen molar-refractivity contribution in [3.8, 4) is 0 Å². The number of methoxy groups -OCH3 is 1. The summed E-state index contributed by atoms with van der Waals surface area (Å²) < 4.78 is 4.93. The number of piperidine rings is 1. The number of nitrogens with two attached hydrogens (primary N) is 1. The summed E-state index contributed by atoms with van der Waals surface area (Å²) in [7, 11) is 1.54. The average molecular weight is 299 g/mol. The standard InChI is InChI=1S/C15H29N3O3/c1-15(2,3)14(20)17-8-11-6-5-7-18(9-11)13(19)12(16)10-21-4/h11-12H,5-10,16H2,1-4H3,(H,17,20). The largest absolute Gasteiger partial charge is 0.383 e. The summed E-state index contributed by atoms with van der Waals surface area (Å²) in [4.78, 5) is 25.8. The molecule has 0 saturated carbocycles. The molecule has 1 aliphatic heterocycles. The summed E-state index contributed by atoms with van der Waals surface area (Å²) in [6.07, 6.45) is 1.97. The third kappa shape index (κ3) is 5.63. The van der Waals surface area contributed by atoms with E-state index in [0.717, 1.165) is 19.4 Å². The van der Waals surface area contributed by atoms with Gasteiger partial charge in [-0.2, -0.15) is 0 Å². The number of amides is 2. The normalized spacial score (nSPS) is 21.0. The Morgan fingerprint density at radius 3 is 2.67 bits per heavy atom. The molecule has 0 radical (unpaired) electrons. The van der Waals surface area contributed by atoms with Crippen molar-refractivity contribution in [3.63, 3.8) is 0 Å². The fraction of sp³-hybridized carbons (Fsp3) is 0.867. The Kier molecular flexibility index (Phi) is 6.61. The molecule has 2 atom stereocenters. The van der Waals surface area contributed by atoms with Crippen molar-refractivity contribution in [3.05, 3.63) is 0 Å². The quantitative estimate of drug-likeness (QED) is 0.768. The predicted molar refractivity (Wildman–Crippen MR) is 81.6 cm³/mol. The lowest BCUT2D eigenvalue weighted by molar-refractivity contribution is -0.135. The molecule has 2 amide bonds. The maximum absolute atomic E-state index is 12.2. The van der Waals surface area contributed by atoms with Crippen LogP contribution in [0.25, 0.3) is 0 Å². The van der Waals surface area contributed by atoms with E-state index < -0.39 is 6.04 Å². The number of likely N-dealkylation sites (tertiary alicyclic amines) is 1. The van der Waals surface area contributed by atoms with E-state index in [9.17, 15) is 9.59 Å². The molecule has 0 spiro atoms. The second-order valence-corrected chi connectivity index (χ2v) is 6.81. The fourth-order valence-electron chi connectivity index (χ4n) is 2.42. The van der Waals surface area contributed by atoms with Crippen LogP contribution in [0.2, 0.25) is 0 Å². The molecule has 1 aliphatic rings. The highest BCUT2D eigenvalue weighted by atomic mass is 16.5. The zero-order valence-corrected chi connectivity index (χ0v) is 13.6. The van der Waals surface area contributed by atoms with Crippen LogP contribution in [-0.2, 0) is 14.3 Å². The van der Waals surface area contributed by atoms with Crippen LogP contribution in [0, 0.1) is 11.3 Å². The SMILES string of the molecule is COCC(N)C(=O)N1CCCC(CNC(=O)C(C)(C)C)C1. The van der Waals surface area contributed by atoms with Crippen molar-refractivity contribution in [2.45, 2.75) is 39.7 Å². The van der Waals surface area contributed by atoms with Gasteiger partial charge >= 0.3 is 0 Å². The number of carbonyl (C=O) groups is 2. The van der Waals surface area contributed by atoms with Gasteiger partial charge in [0, 0.05) is 32.2 Å². The van der Waals surface area contributed by atoms with E-state index in [4.69, 9.17) is 10.5 Å². The van der Waals surface area contributed by atoms with Gasteiger partial charge in [0.2, 0.25) is 11.8 Å². The number of rotatable bonds is 5. The first kappa shape index (κ1) is 17.9. The first-order valence-corrected chi connectivity index (χ1v) is 7.57. The molecule has 6 nitrogen and oxygen atoms in total. The van der Waals surface area contributed by atoms with E-state index >= 15 is 0 Å². The molecule has 2 unspecified atom stereocenters. The van der Waals surface area contributed by atoms with Gasteiger partial charge in [-0.1, -0.05) is 20.8 Å². The third-order valence-electron chi connectivity index (χ3n) is 3.73. The molecule has 0 aromatic heterocycles. The van der Waals surface area contributed by atoms with Crippen molar-refractivity contribution >= 4 is 11.8 Å². The maximum atomic E-state index is 12.2. The number of hydrogen-bond acceptors (Lipinski definition) is 4. The van der Waals surface area contributed by atoms with Gasteiger partial charge in [0.1, 0.15) is 6.04 Å². The van der Waals surface area contributed by atoms with Crippen LogP contribution in [0.3, 0.4) is 0 Å². The molecular formula is C15H29N3O3. The lowest BCUT2D eigenvalue weighted by Crippen LogP contribution is -2.51. The van der Waals surface area contributed by atoms with Crippen LogP contribution in [0.1, 0.15) is 33.6 Å². The van der Waals surface area contributed by atoms with Crippen molar-refractivity contribution in [1.29, 1.82) is 0 Å². The Bertz CT molecular complexity index is 366. The van der Waals surface area contributed by atoms with Crippen LogP contribution < -0.4 is 11.1 Å². The van der Waals surface area contributed by atoms with Crippen LogP contribution in [0.4, 0.5) is 0 Å². The molecule has 1 fully saturated rings. The molecule has 0 aliphatic carbocycles. The van der Waals surface area contributed by atoms with Crippen LogP contribution in [-0.4, -0.2) is 56.1 Å². The van der Waals surface area contributed by atoms with Gasteiger partial charge in [-0.25, -0.2) is 0 Å². The third-order valence-corrected chi connectivity index (χ3v) is 3.73. The van der Waals surface area contributed by atoms with E-state index in [1.807, 2.05) is 20.8 Å². The minimum Gasteiger partial charge on any atom is -0.383 e. The van der Waals surface area contributed by atoms with Crippen molar-refractivity contribution in [1.82, 2.24) is 10.2 Å². The van der Waals surface area contributed by atoms with Crippen molar-refractivity contribution in [2.24, 2.45) is 17.1 Å². The lowest BCUT2D eigenvalue weighted by atomic mass is 9.94. The molecule has 0 aromatic rings. The molecule has 1 saturated heterocycles. The summed E-state index contributed by atoms with van der Waals surface area (Å²) in [5.41, 5.74) is 5.41. The Labute approximate surface area is 127 Å². The van der Waals surface area contributed by atoms with Gasteiger partial charge in [0.05, 0.1) is 6.61 Å². The summed E-state index contributed by atoms with van der Waals surface area (Å²) in [6.45, 7) is 7.91. The highest BCUT2D eigenvalue weighted by molar-refractivity contribution is 5.82. The maximum Gasteiger partial charge on any atom is 0.241 e. The van der Waals surface area contributed by atoms with Crippen molar-refractivity contribution < 1.29 is 14.3 Å². The number of ether oxygens (including phenoxy) is 1. The fourth-order valence-corrected chi connectivity index (χ4v) is 2.42. The Balaban J connectivity index is 2.45. The lowest BCUT2D eigenvalue weighted by Gasteiger charge is -2.34. The summed E-state index contributed by atoms with van der Waals surface area (Å²) in [5.74, 6) is 0.273. The van der Waals surface area contributed by atoms with Gasteiger partial charge in [-0.05, 0) is 18.8 Å². The molecule has 1 heterocycles. The molecular weight excluding hydrogens is 270 g/mol. The highest BCUT2D eigenvalue weighted by Gasteiger charge is 2.28. The predicted octanol–water partition coefficient (Wildman–Crippen LogP) is 0.361. The van der Waals surface area contributed by atoms with Gasteiger partial charge in [0.25, 0.3) is 0 Å². The van der Waals surface area contributed by atoms with E-state index in [2.05, 4.69) is 5.32 Å². The van der Waals surface area contributed by atoms with Crippen molar-refractivity contribution in [2.75, 3.05) is 33.4 Å². The monoisotopic (exact) mass is 299 g/mol. The van der Waals surface area contributed by atoms with Crippen LogP contribution in [0.15, 0.2) is 0 Å². The van der Waals surface area contributed by atoms with Gasteiger partial charge in [-0.3, -0.25) is 9.59 Å². The molecule has 122 valence electrons. The van der Waals surface area contributed by atoms with Gasteiger partial charge in [-0.15, -0.1) is 0 Å². The van der Waals surface area contributed by atoms with Crippen LogP contribution >= 0.6 is 0 Å². The number of carbonyl (C=O) groups excluding carboxylic acids is 2. The van der Waals surface area contributed by atoms with E-state index in [1.54, 1.807) is 4.90 Å². The average Bonchev–Trinajstić information content (AvgIpc) is 2.43. The second kappa shape index (κ2) is 7.75. The Hall–Kier alpha value is -1.14. The zero-order chi connectivity index (χ0) is 16.0. The topological polar surface area (TPSA) is 84.7 Å². The molecule has 6 heteroatoms. The molecule has 0 bridgehead atoms. The van der Waals surface area contributed by atoms with Gasteiger partial charge in [0.15, 0.2) is 0 Å². The summed E-state index contributed by atoms with van der Waals surface area (Å²) in [5, 5.41) is 2.97. The minimum atomic E-state index is -0.599. The number of nitrogens with one attached hydrogen (secondary N) is 1. The molecule has 0 aromatic carbocycles. The minimum absolute atomic E-state index is 0.0436.